The van der Waals surface area contributed by atoms with Crippen molar-refractivity contribution in [3.63, 3.8) is 0 Å². The van der Waals surface area contributed by atoms with Gasteiger partial charge in [0.25, 0.3) is 0 Å². The molecular weight excluding hydrogens is 715 g/mol. The molecule has 0 fully saturated rings. The van der Waals surface area contributed by atoms with E-state index in [0.29, 0.717) is 19.3 Å². The number of unbranched alkanes of at least 4 members (excludes halogenated alkanes) is 23. The average Bonchev–Trinajstić information content (AvgIpc) is 3.17. The Bertz CT molecular complexity index is 1030. The van der Waals surface area contributed by atoms with Gasteiger partial charge in [0.05, 0.1) is 34.4 Å². The third-order valence-electron chi connectivity index (χ3n) is 10.5. The van der Waals surface area contributed by atoms with Gasteiger partial charge in [0.1, 0.15) is 6.61 Å². The van der Waals surface area contributed by atoms with Gasteiger partial charge in [-0.1, -0.05) is 159 Å². The monoisotopic (exact) mass is 805 g/mol. The second kappa shape index (κ2) is 40.3. The van der Waals surface area contributed by atoms with Crippen molar-refractivity contribution < 1.29 is 38.2 Å². The number of esters is 2. The fourth-order valence-electron chi connectivity index (χ4n) is 6.84. The van der Waals surface area contributed by atoms with E-state index in [1.54, 1.807) is 0 Å². The molecule has 8 nitrogen and oxygen atoms in total. The molecule has 0 radical (unpaired) electrons. The van der Waals surface area contributed by atoms with Crippen LogP contribution in [0.3, 0.4) is 0 Å². The molecule has 8 heteroatoms. The number of carbonyl (C=O) groups is 3. The number of likely N-dealkylation sites (N-methyl/N-ethyl adjacent to an activating group) is 1. The van der Waals surface area contributed by atoms with Gasteiger partial charge < -0.3 is 23.8 Å². The summed E-state index contributed by atoms with van der Waals surface area (Å²) in [6, 6.07) is -0.619. The van der Waals surface area contributed by atoms with Gasteiger partial charge in [-0.3, -0.25) is 9.59 Å². The van der Waals surface area contributed by atoms with E-state index in [0.717, 1.165) is 51.4 Å². The first kappa shape index (κ1) is 54.6. The molecule has 0 aliphatic heterocycles. The maximum atomic E-state index is 12.7. The van der Waals surface area contributed by atoms with Crippen LogP contribution >= 0.6 is 0 Å². The highest BCUT2D eigenvalue weighted by atomic mass is 16.6. The van der Waals surface area contributed by atoms with Crippen molar-refractivity contribution in [2.75, 3.05) is 41.0 Å². The van der Waals surface area contributed by atoms with E-state index in [-0.39, 0.29) is 36.2 Å². The van der Waals surface area contributed by atoms with E-state index in [2.05, 4.69) is 50.3 Å². The van der Waals surface area contributed by atoms with E-state index >= 15 is 0 Å². The first-order chi connectivity index (χ1) is 27.6. The number of ether oxygens (including phenoxy) is 3. The van der Waals surface area contributed by atoms with Crippen LogP contribution in [-0.4, -0.2) is 80.6 Å². The van der Waals surface area contributed by atoms with Gasteiger partial charge in [0.15, 0.2) is 12.1 Å². The average molecular weight is 805 g/mol. The third kappa shape index (κ3) is 38.8. The minimum absolute atomic E-state index is 0.0503. The number of hydrogen-bond acceptors (Lipinski definition) is 6. The van der Waals surface area contributed by atoms with Crippen molar-refractivity contribution >= 4 is 17.9 Å². The Hall–Kier alpha value is -2.45. The summed E-state index contributed by atoms with van der Waals surface area (Å²) in [5.41, 5.74) is 0. The lowest BCUT2D eigenvalue weighted by molar-refractivity contribution is -0.887. The molecular formula is C49H90NO7+. The van der Waals surface area contributed by atoms with Crippen molar-refractivity contribution in [3.05, 3.63) is 36.5 Å². The summed E-state index contributed by atoms with van der Waals surface area (Å²) >= 11 is 0. The van der Waals surface area contributed by atoms with Crippen molar-refractivity contribution in [1.29, 1.82) is 0 Å². The van der Waals surface area contributed by atoms with Crippen LogP contribution in [0, 0.1) is 0 Å². The second-order valence-corrected chi connectivity index (χ2v) is 17.0. The molecule has 57 heavy (non-hydrogen) atoms. The Morgan fingerprint density at radius 3 is 1.39 bits per heavy atom. The van der Waals surface area contributed by atoms with Crippen LogP contribution in [0.4, 0.5) is 0 Å². The summed E-state index contributed by atoms with van der Waals surface area (Å²) in [6.45, 7) is 4.71. The maximum Gasteiger partial charge on any atom is 0.362 e. The van der Waals surface area contributed by atoms with Gasteiger partial charge in [-0.2, -0.15) is 0 Å². The zero-order valence-electron chi connectivity index (χ0n) is 37.8. The van der Waals surface area contributed by atoms with Crippen molar-refractivity contribution in [3.8, 4) is 0 Å². The molecule has 0 aromatic carbocycles. The smallest absolute Gasteiger partial charge is 0.362 e. The molecule has 0 spiro atoms. The van der Waals surface area contributed by atoms with Crippen molar-refractivity contribution in [2.45, 2.75) is 219 Å². The molecule has 0 aliphatic carbocycles. The molecule has 0 rings (SSSR count). The Labute approximate surface area is 351 Å². The van der Waals surface area contributed by atoms with Gasteiger partial charge in [-0.05, 0) is 64.2 Å². The number of quaternary nitrogens is 1. The Morgan fingerprint density at radius 2 is 0.930 bits per heavy atom. The first-order valence-corrected chi connectivity index (χ1v) is 23.5. The number of carbonyl (C=O) groups excluding carboxylic acids is 2. The summed E-state index contributed by atoms with van der Waals surface area (Å²) in [5.74, 6) is -1.50. The predicted molar refractivity (Wildman–Crippen MR) is 238 cm³/mol. The van der Waals surface area contributed by atoms with Crippen LogP contribution in [-0.2, 0) is 28.6 Å². The lowest BCUT2D eigenvalue weighted by Crippen LogP contribution is -2.50. The quantitative estimate of drug-likeness (QED) is 0.0216. The number of carboxylic acid groups (broad SMARTS) is 1. The number of nitrogens with zero attached hydrogens (tertiary/aromatic N) is 1. The summed E-state index contributed by atoms with van der Waals surface area (Å²) in [5, 5.41) is 9.63. The van der Waals surface area contributed by atoms with Gasteiger partial charge in [-0.25, -0.2) is 4.79 Å². The molecule has 2 unspecified atom stereocenters. The Kier molecular flexibility index (Phi) is 38.6. The standard InChI is InChI=1S/C49H89NO7/c1-6-8-10-12-14-16-18-20-22-24-26-27-29-31-33-35-37-39-47(51)56-44-45(43-55-42-41-46(49(53)54)50(3,4)5)57-48(52)40-38-36-34-32-30-28-25-23-21-19-17-15-13-11-9-7-2/h20,22-23,25,28,30,45-46H,6-19,21,24,26-27,29,31-44H2,1-5H3/p+1/b22-20+,25-23+,30-28+. The Balaban J connectivity index is 4.35. The van der Waals surface area contributed by atoms with Gasteiger partial charge in [0, 0.05) is 19.3 Å². The molecule has 0 aromatic rings. The fourth-order valence-corrected chi connectivity index (χ4v) is 6.84. The SMILES string of the molecule is CCCCCCCC/C=C/CCCCCCCCCC(=O)OCC(COCCC(C(=O)O)[N+](C)(C)C)OC(=O)CCCCC/C=C/C=C/CCCCCCCCC. The molecule has 332 valence electrons. The van der Waals surface area contributed by atoms with E-state index in [1.165, 1.54) is 122 Å². The fraction of sp³-hybridized carbons (Fsp3) is 0.816. The summed E-state index contributed by atoms with van der Waals surface area (Å²) in [4.78, 5) is 37.0. The number of rotatable bonds is 42. The predicted octanol–water partition coefficient (Wildman–Crippen LogP) is 13.0. The lowest BCUT2D eigenvalue weighted by Gasteiger charge is -2.31. The highest BCUT2D eigenvalue weighted by Crippen LogP contribution is 2.14. The molecule has 0 aliphatic rings. The van der Waals surface area contributed by atoms with Crippen LogP contribution in [0.1, 0.15) is 206 Å². The molecule has 0 saturated heterocycles. The van der Waals surface area contributed by atoms with Crippen LogP contribution in [0.5, 0.6) is 0 Å². The van der Waals surface area contributed by atoms with Gasteiger partial charge in [-0.15, -0.1) is 0 Å². The zero-order valence-corrected chi connectivity index (χ0v) is 37.8. The molecule has 0 bridgehead atoms. The van der Waals surface area contributed by atoms with E-state index < -0.39 is 18.1 Å². The minimum Gasteiger partial charge on any atom is -0.477 e. The lowest BCUT2D eigenvalue weighted by atomic mass is 10.1. The molecule has 1 N–H and O–H groups in total. The molecule has 0 amide bonds. The summed E-state index contributed by atoms with van der Waals surface area (Å²) in [6.07, 6.45) is 46.1. The summed E-state index contributed by atoms with van der Waals surface area (Å²) in [7, 11) is 5.52. The number of carboxylic acids is 1. The highest BCUT2D eigenvalue weighted by molar-refractivity contribution is 5.72. The first-order valence-electron chi connectivity index (χ1n) is 23.5. The van der Waals surface area contributed by atoms with Crippen molar-refractivity contribution in [2.24, 2.45) is 0 Å². The maximum absolute atomic E-state index is 12.7. The van der Waals surface area contributed by atoms with E-state index in [4.69, 9.17) is 14.2 Å². The molecule has 2 atom stereocenters. The van der Waals surface area contributed by atoms with Crippen LogP contribution in [0.25, 0.3) is 0 Å². The topological polar surface area (TPSA) is 99.1 Å². The third-order valence-corrected chi connectivity index (χ3v) is 10.5. The number of aliphatic carboxylic acids is 1. The van der Waals surface area contributed by atoms with Crippen LogP contribution in [0.2, 0.25) is 0 Å². The second-order valence-electron chi connectivity index (χ2n) is 17.0. The number of allylic oxidation sites excluding steroid dienone is 6. The van der Waals surface area contributed by atoms with Crippen LogP contribution < -0.4 is 0 Å². The minimum atomic E-state index is -0.879. The zero-order chi connectivity index (χ0) is 42.1. The van der Waals surface area contributed by atoms with Gasteiger partial charge in [0.2, 0.25) is 0 Å². The van der Waals surface area contributed by atoms with Gasteiger partial charge >= 0.3 is 17.9 Å². The van der Waals surface area contributed by atoms with E-state index in [9.17, 15) is 19.5 Å². The molecule has 0 saturated carbocycles. The molecule has 0 aromatic heterocycles. The van der Waals surface area contributed by atoms with Crippen LogP contribution in [0.15, 0.2) is 36.5 Å². The van der Waals surface area contributed by atoms with Crippen molar-refractivity contribution in [1.82, 2.24) is 0 Å². The van der Waals surface area contributed by atoms with E-state index in [1.807, 2.05) is 21.1 Å². The largest absolute Gasteiger partial charge is 0.477 e. The highest BCUT2D eigenvalue weighted by Gasteiger charge is 2.31. The normalized spacial score (nSPS) is 13.2. The Morgan fingerprint density at radius 1 is 0.526 bits per heavy atom. The number of hydrogen-bond donors (Lipinski definition) is 1. The molecule has 0 heterocycles. The summed E-state index contributed by atoms with van der Waals surface area (Å²) < 4.78 is 17.3.